The highest BCUT2D eigenvalue weighted by atomic mass is 35.5. The summed E-state index contributed by atoms with van der Waals surface area (Å²) < 4.78 is 32.5. The Hall–Kier alpha value is -1.28. The molecular formula is C13H21ClF2N4O2. The first-order valence-corrected chi connectivity index (χ1v) is 6.89. The Morgan fingerprint density at radius 3 is 2.73 bits per heavy atom. The number of amides is 1. The van der Waals surface area contributed by atoms with E-state index in [2.05, 4.69) is 20.0 Å². The molecular weight excluding hydrogens is 318 g/mol. The minimum Gasteiger partial charge on any atom is -0.342 e. The predicted molar refractivity (Wildman–Crippen MR) is 78.3 cm³/mol. The van der Waals surface area contributed by atoms with Crippen LogP contribution in [0.3, 0.4) is 0 Å². The van der Waals surface area contributed by atoms with Gasteiger partial charge in [-0.2, -0.15) is 4.98 Å². The molecule has 0 saturated carbocycles. The second-order valence-electron chi connectivity index (χ2n) is 6.26. The molecule has 1 aliphatic heterocycles. The van der Waals surface area contributed by atoms with Crippen molar-refractivity contribution in [3.63, 3.8) is 0 Å². The molecule has 6 nitrogen and oxygen atoms in total. The molecule has 126 valence electrons. The van der Waals surface area contributed by atoms with Gasteiger partial charge in [-0.05, 0) is 33.7 Å². The molecule has 22 heavy (non-hydrogen) atoms. The van der Waals surface area contributed by atoms with Crippen LogP contribution < -0.4 is 5.32 Å². The molecule has 0 spiro atoms. The number of piperidine rings is 1. The number of aromatic nitrogens is 2. The van der Waals surface area contributed by atoms with Crippen LogP contribution in [0.1, 0.15) is 37.8 Å². The monoisotopic (exact) mass is 338 g/mol. The molecule has 1 aromatic heterocycles. The quantitative estimate of drug-likeness (QED) is 0.912. The van der Waals surface area contributed by atoms with Gasteiger partial charge in [0, 0.05) is 18.0 Å². The first kappa shape index (κ1) is 18.8. The topological polar surface area (TPSA) is 71.3 Å². The summed E-state index contributed by atoms with van der Waals surface area (Å²) in [5, 5.41) is 6.18. The minimum atomic E-state index is -2.83. The zero-order valence-corrected chi connectivity index (χ0v) is 13.6. The lowest BCUT2D eigenvalue weighted by molar-refractivity contribution is -0.0853. The average molecular weight is 339 g/mol. The van der Waals surface area contributed by atoms with Crippen molar-refractivity contribution in [3.8, 4) is 0 Å². The van der Waals surface area contributed by atoms with Gasteiger partial charge in [0.05, 0.1) is 6.54 Å². The number of alkyl halides is 2. The fourth-order valence-corrected chi connectivity index (χ4v) is 2.38. The molecule has 1 saturated heterocycles. The summed E-state index contributed by atoms with van der Waals surface area (Å²) in [4.78, 5) is 17.5. The van der Waals surface area contributed by atoms with Crippen molar-refractivity contribution >= 4 is 18.3 Å². The van der Waals surface area contributed by atoms with E-state index < -0.39 is 23.3 Å². The lowest BCUT2D eigenvalue weighted by Gasteiger charge is -2.41. The van der Waals surface area contributed by atoms with Crippen molar-refractivity contribution in [2.75, 3.05) is 19.6 Å². The molecule has 2 heterocycles. The van der Waals surface area contributed by atoms with Gasteiger partial charge in [0.2, 0.25) is 6.39 Å². The smallest absolute Gasteiger partial charge is 0.295 e. The second kappa shape index (κ2) is 6.87. The Kier molecular flexibility index (Phi) is 5.86. The van der Waals surface area contributed by atoms with E-state index in [1.165, 1.54) is 4.90 Å². The number of halogens is 3. The molecule has 1 unspecified atom stereocenters. The van der Waals surface area contributed by atoms with Gasteiger partial charge in [0.25, 0.3) is 17.7 Å². The summed E-state index contributed by atoms with van der Waals surface area (Å²) in [6, 6.07) is 0. The van der Waals surface area contributed by atoms with Crippen LogP contribution >= 0.6 is 12.4 Å². The first-order chi connectivity index (χ1) is 9.72. The standard InChI is InChI=1S/C13H20F2N4O2.ClH/c1-12(2,3)19(11(20)10-17-8-21-18-10)6-9-4-5-16-7-13(9,14)15;/h8-9,16H,4-7H2,1-3H3;1H. The second-order valence-corrected chi connectivity index (χ2v) is 6.26. The van der Waals surface area contributed by atoms with Crippen LogP contribution in [0.25, 0.3) is 0 Å². The number of carbonyl (C=O) groups excluding carboxylic acids is 1. The van der Waals surface area contributed by atoms with E-state index in [9.17, 15) is 13.6 Å². The molecule has 0 radical (unpaired) electrons. The largest absolute Gasteiger partial charge is 0.342 e. The molecule has 0 bridgehead atoms. The third kappa shape index (κ3) is 4.13. The minimum absolute atomic E-state index is 0. The van der Waals surface area contributed by atoms with E-state index in [-0.39, 0.29) is 31.3 Å². The maximum atomic E-state index is 14.0. The van der Waals surface area contributed by atoms with Crippen LogP contribution in [-0.4, -0.2) is 52.0 Å². The van der Waals surface area contributed by atoms with Crippen molar-refractivity contribution < 1.29 is 18.1 Å². The van der Waals surface area contributed by atoms with Crippen LogP contribution in [0.2, 0.25) is 0 Å². The molecule has 1 fully saturated rings. The summed E-state index contributed by atoms with van der Waals surface area (Å²) >= 11 is 0. The Morgan fingerprint density at radius 1 is 1.55 bits per heavy atom. The van der Waals surface area contributed by atoms with Gasteiger partial charge < -0.3 is 14.7 Å². The average Bonchev–Trinajstić information content (AvgIpc) is 2.88. The number of hydrogen-bond donors (Lipinski definition) is 1. The molecule has 2 rings (SSSR count). The number of nitrogens with zero attached hydrogens (tertiary/aromatic N) is 3. The van der Waals surface area contributed by atoms with Crippen LogP contribution in [0.5, 0.6) is 0 Å². The van der Waals surface area contributed by atoms with E-state index in [4.69, 9.17) is 0 Å². The maximum absolute atomic E-state index is 14.0. The fourth-order valence-electron chi connectivity index (χ4n) is 2.38. The van der Waals surface area contributed by atoms with Crippen molar-refractivity contribution in [2.45, 2.75) is 38.7 Å². The lowest BCUT2D eigenvalue weighted by Crippen LogP contribution is -2.55. The first-order valence-electron chi connectivity index (χ1n) is 6.89. The number of nitrogens with one attached hydrogen (secondary N) is 1. The van der Waals surface area contributed by atoms with Gasteiger partial charge in [0.1, 0.15) is 0 Å². The number of carbonyl (C=O) groups is 1. The summed E-state index contributed by atoms with van der Waals surface area (Å²) in [6.45, 7) is 5.52. The van der Waals surface area contributed by atoms with Gasteiger partial charge in [-0.3, -0.25) is 4.79 Å². The van der Waals surface area contributed by atoms with Crippen LogP contribution in [0.15, 0.2) is 10.9 Å². The highest BCUT2D eigenvalue weighted by molar-refractivity contribution is 5.90. The zero-order chi connectivity index (χ0) is 15.7. The summed E-state index contributed by atoms with van der Waals surface area (Å²) in [7, 11) is 0. The highest BCUT2D eigenvalue weighted by Gasteiger charge is 2.44. The Balaban J connectivity index is 0.00000242. The molecule has 1 aromatic rings. The Labute approximate surface area is 134 Å². The summed E-state index contributed by atoms with van der Waals surface area (Å²) in [6.07, 6.45) is 1.37. The van der Waals surface area contributed by atoms with Crippen LogP contribution in [0.4, 0.5) is 8.78 Å². The van der Waals surface area contributed by atoms with E-state index in [0.29, 0.717) is 13.0 Å². The maximum Gasteiger partial charge on any atom is 0.295 e. The molecule has 1 aliphatic rings. The van der Waals surface area contributed by atoms with Crippen LogP contribution in [0, 0.1) is 5.92 Å². The van der Waals surface area contributed by atoms with E-state index in [1.807, 2.05) is 0 Å². The van der Waals surface area contributed by atoms with Gasteiger partial charge in [0.15, 0.2) is 0 Å². The summed E-state index contributed by atoms with van der Waals surface area (Å²) in [5.74, 6) is -4.32. The molecule has 0 aliphatic carbocycles. The van der Waals surface area contributed by atoms with Gasteiger partial charge in [-0.25, -0.2) is 8.78 Å². The van der Waals surface area contributed by atoms with E-state index >= 15 is 0 Å². The molecule has 9 heteroatoms. The number of hydrogen-bond acceptors (Lipinski definition) is 5. The van der Waals surface area contributed by atoms with Crippen molar-refractivity contribution in [1.29, 1.82) is 0 Å². The molecule has 0 aromatic carbocycles. The lowest BCUT2D eigenvalue weighted by atomic mass is 9.91. The van der Waals surface area contributed by atoms with Crippen molar-refractivity contribution in [1.82, 2.24) is 20.4 Å². The predicted octanol–water partition coefficient (Wildman–Crippen LogP) is 1.98. The SMILES string of the molecule is CC(C)(C)N(CC1CCNCC1(F)F)C(=O)c1ncon1.Cl. The Morgan fingerprint density at radius 2 is 2.23 bits per heavy atom. The highest BCUT2D eigenvalue weighted by Crippen LogP contribution is 2.32. The van der Waals surface area contributed by atoms with Crippen LogP contribution in [-0.2, 0) is 0 Å². The van der Waals surface area contributed by atoms with Gasteiger partial charge in [-0.1, -0.05) is 5.16 Å². The normalized spacial score (nSPS) is 21.0. The Bertz CT molecular complexity index is 491. The number of rotatable bonds is 3. The van der Waals surface area contributed by atoms with E-state index in [0.717, 1.165) is 6.39 Å². The third-order valence-corrected chi connectivity index (χ3v) is 3.64. The molecule has 1 N–H and O–H groups in total. The van der Waals surface area contributed by atoms with E-state index in [1.54, 1.807) is 20.8 Å². The molecule has 1 atom stereocenters. The zero-order valence-electron chi connectivity index (χ0n) is 12.8. The van der Waals surface area contributed by atoms with Crippen molar-refractivity contribution in [2.24, 2.45) is 5.92 Å². The van der Waals surface area contributed by atoms with Crippen molar-refractivity contribution in [3.05, 3.63) is 12.2 Å². The van der Waals surface area contributed by atoms with Gasteiger partial charge in [-0.15, -0.1) is 12.4 Å². The fraction of sp³-hybridized carbons (Fsp3) is 0.769. The van der Waals surface area contributed by atoms with Gasteiger partial charge >= 0.3 is 0 Å². The third-order valence-electron chi connectivity index (χ3n) is 3.64. The summed E-state index contributed by atoms with van der Waals surface area (Å²) in [5.41, 5.74) is -0.612. The molecule has 1 amide bonds.